The highest BCUT2D eigenvalue weighted by molar-refractivity contribution is 5.92. The van der Waals surface area contributed by atoms with Crippen LogP contribution in [0.5, 0.6) is 0 Å². The van der Waals surface area contributed by atoms with E-state index in [1.165, 1.54) is 0 Å². The van der Waals surface area contributed by atoms with E-state index in [0.717, 1.165) is 13.0 Å². The van der Waals surface area contributed by atoms with Gasteiger partial charge in [0, 0.05) is 5.92 Å². The van der Waals surface area contributed by atoms with Crippen molar-refractivity contribution in [1.82, 2.24) is 10.6 Å². The van der Waals surface area contributed by atoms with Gasteiger partial charge in [-0.2, -0.15) is 0 Å². The zero-order valence-electron chi connectivity index (χ0n) is 11.4. The molecule has 8 heteroatoms. The summed E-state index contributed by atoms with van der Waals surface area (Å²) in [6, 6.07) is -0.354. The molecule has 4 N–H and O–H groups in total. The molecule has 3 rings (SSSR count). The van der Waals surface area contributed by atoms with Crippen molar-refractivity contribution in [3.05, 3.63) is 0 Å². The minimum Gasteiger partial charge on any atom is -0.481 e. The van der Waals surface area contributed by atoms with E-state index >= 15 is 0 Å². The molecule has 0 aromatic rings. The minimum atomic E-state index is -1.39. The molecule has 0 bridgehead atoms. The Bertz CT molecular complexity index is 479. The molecule has 1 heterocycles. The topological polar surface area (TPSA) is 116 Å². The van der Waals surface area contributed by atoms with Crippen molar-refractivity contribution in [3.63, 3.8) is 0 Å². The number of carboxylic acid groups (broad SMARTS) is 2. The summed E-state index contributed by atoms with van der Waals surface area (Å²) in [7, 11) is 0. The number of fused-ring (bicyclic) bond motifs is 1. The van der Waals surface area contributed by atoms with Crippen LogP contribution in [0.2, 0.25) is 0 Å². The number of amides is 1. The fourth-order valence-corrected chi connectivity index (χ4v) is 3.97. The summed E-state index contributed by atoms with van der Waals surface area (Å²) in [5, 5.41) is 24.3. The number of hydrogen-bond donors (Lipinski definition) is 4. The lowest BCUT2D eigenvalue weighted by Gasteiger charge is -2.29. The quantitative estimate of drug-likeness (QED) is 0.572. The highest BCUT2D eigenvalue weighted by atomic mass is 35.5. The van der Waals surface area contributed by atoms with Gasteiger partial charge < -0.3 is 20.8 Å². The second-order valence-corrected chi connectivity index (χ2v) is 6.01. The zero-order valence-corrected chi connectivity index (χ0v) is 12.2. The van der Waals surface area contributed by atoms with Crippen LogP contribution in [0.1, 0.15) is 25.7 Å². The summed E-state index contributed by atoms with van der Waals surface area (Å²) in [6.45, 7) is 0.752. The van der Waals surface area contributed by atoms with Gasteiger partial charge in [0.15, 0.2) is 0 Å². The molecule has 0 unspecified atom stereocenters. The number of carboxylic acids is 2. The first kappa shape index (κ1) is 16.0. The van der Waals surface area contributed by atoms with Crippen molar-refractivity contribution >= 4 is 30.3 Å². The predicted molar refractivity (Wildman–Crippen MR) is 74.1 cm³/mol. The Balaban J connectivity index is 0.00000161. The van der Waals surface area contributed by atoms with Crippen LogP contribution in [0.4, 0.5) is 0 Å². The number of nitrogens with one attached hydrogen (secondary N) is 2. The zero-order chi connectivity index (χ0) is 14.5. The van der Waals surface area contributed by atoms with E-state index < -0.39 is 29.3 Å². The fourth-order valence-electron chi connectivity index (χ4n) is 3.97. The molecule has 1 saturated heterocycles. The van der Waals surface area contributed by atoms with Crippen molar-refractivity contribution in [1.29, 1.82) is 0 Å². The second-order valence-electron chi connectivity index (χ2n) is 6.01. The van der Waals surface area contributed by atoms with Crippen LogP contribution in [0.15, 0.2) is 0 Å². The lowest BCUT2D eigenvalue weighted by Crippen LogP contribution is -2.59. The average Bonchev–Trinajstić information content (AvgIpc) is 2.77. The van der Waals surface area contributed by atoms with E-state index in [-0.39, 0.29) is 30.3 Å². The number of rotatable bonds is 4. The molecule has 21 heavy (non-hydrogen) atoms. The number of halogens is 1. The highest BCUT2D eigenvalue weighted by Gasteiger charge is 2.72. The van der Waals surface area contributed by atoms with Gasteiger partial charge in [0.2, 0.25) is 5.91 Å². The standard InChI is InChI=1S/C13H18N2O5.ClH/c16-10(7-2-1-5-14-7)15-13(12(19)20)4-3-6-8(9(6)13)11(17)18;/h6-9,14H,1-5H2,(H,15,16)(H,17,18)(H,19,20);1H/t6-,7-,8-,9-,13-;/m0./s1. The van der Waals surface area contributed by atoms with Crippen LogP contribution in [0.3, 0.4) is 0 Å². The van der Waals surface area contributed by atoms with E-state index in [9.17, 15) is 19.5 Å². The van der Waals surface area contributed by atoms with Gasteiger partial charge in [-0.15, -0.1) is 12.4 Å². The third kappa shape index (κ3) is 2.38. The Hall–Kier alpha value is -1.34. The molecule has 0 aromatic heterocycles. The van der Waals surface area contributed by atoms with Crippen molar-refractivity contribution in [2.45, 2.75) is 37.3 Å². The summed E-state index contributed by atoms with van der Waals surface area (Å²) in [6.07, 6.45) is 2.45. The Labute approximate surface area is 127 Å². The third-order valence-electron chi connectivity index (χ3n) is 5.00. The smallest absolute Gasteiger partial charge is 0.329 e. The molecule has 5 atom stereocenters. The average molecular weight is 319 g/mol. The first-order chi connectivity index (χ1) is 9.47. The maximum Gasteiger partial charge on any atom is 0.329 e. The molecule has 7 nitrogen and oxygen atoms in total. The normalized spacial score (nSPS) is 40.0. The van der Waals surface area contributed by atoms with Crippen LogP contribution < -0.4 is 10.6 Å². The number of hydrogen-bond acceptors (Lipinski definition) is 4. The molecule has 3 fully saturated rings. The first-order valence-electron chi connectivity index (χ1n) is 6.99. The van der Waals surface area contributed by atoms with Crippen LogP contribution in [-0.2, 0) is 14.4 Å². The Morgan fingerprint density at radius 3 is 2.38 bits per heavy atom. The third-order valence-corrected chi connectivity index (χ3v) is 5.00. The van der Waals surface area contributed by atoms with Gasteiger partial charge >= 0.3 is 11.9 Å². The number of carbonyl (C=O) groups is 3. The fraction of sp³-hybridized carbons (Fsp3) is 0.769. The molecule has 3 aliphatic rings. The molecule has 118 valence electrons. The lowest BCUT2D eigenvalue weighted by molar-refractivity contribution is -0.150. The molecule has 0 spiro atoms. The molecule has 2 aliphatic carbocycles. The van der Waals surface area contributed by atoms with Crippen molar-refractivity contribution < 1.29 is 24.6 Å². The molecule has 0 aromatic carbocycles. The molecule has 0 radical (unpaired) electrons. The largest absolute Gasteiger partial charge is 0.481 e. The highest BCUT2D eigenvalue weighted by Crippen LogP contribution is 2.62. The van der Waals surface area contributed by atoms with Gasteiger partial charge in [0.1, 0.15) is 5.54 Å². The van der Waals surface area contributed by atoms with Crippen molar-refractivity contribution in [2.24, 2.45) is 17.8 Å². The van der Waals surface area contributed by atoms with E-state index in [0.29, 0.717) is 19.3 Å². The van der Waals surface area contributed by atoms with E-state index in [1.807, 2.05) is 0 Å². The summed E-state index contributed by atoms with van der Waals surface area (Å²) in [5.74, 6) is -3.60. The molecule has 2 saturated carbocycles. The molecular formula is C13H19ClN2O5. The minimum absolute atomic E-state index is 0. The van der Waals surface area contributed by atoms with Crippen LogP contribution in [0, 0.1) is 17.8 Å². The van der Waals surface area contributed by atoms with Gasteiger partial charge in [-0.25, -0.2) is 4.79 Å². The van der Waals surface area contributed by atoms with Gasteiger partial charge in [0.25, 0.3) is 0 Å². The first-order valence-corrected chi connectivity index (χ1v) is 6.99. The van der Waals surface area contributed by atoms with Crippen LogP contribution in [0.25, 0.3) is 0 Å². The summed E-state index contributed by atoms with van der Waals surface area (Å²) in [5.41, 5.74) is -1.39. The molecule has 1 aliphatic heterocycles. The predicted octanol–water partition coefficient (Wildman–Crippen LogP) is -0.160. The van der Waals surface area contributed by atoms with Gasteiger partial charge in [-0.3, -0.25) is 9.59 Å². The van der Waals surface area contributed by atoms with Gasteiger partial charge in [-0.1, -0.05) is 0 Å². The summed E-state index contributed by atoms with van der Waals surface area (Å²) >= 11 is 0. The number of aliphatic carboxylic acids is 2. The van der Waals surface area contributed by atoms with Crippen LogP contribution >= 0.6 is 12.4 Å². The van der Waals surface area contributed by atoms with Gasteiger partial charge in [0.05, 0.1) is 12.0 Å². The second kappa shape index (κ2) is 5.46. The van der Waals surface area contributed by atoms with E-state index in [1.54, 1.807) is 0 Å². The summed E-state index contributed by atoms with van der Waals surface area (Å²) in [4.78, 5) is 34.9. The van der Waals surface area contributed by atoms with Crippen LogP contribution in [-0.4, -0.2) is 46.2 Å². The number of carbonyl (C=O) groups excluding carboxylic acids is 1. The van der Waals surface area contributed by atoms with Crippen molar-refractivity contribution in [3.8, 4) is 0 Å². The Kier molecular flexibility index (Phi) is 4.17. The monoisotopic (exact) mass is 318 g/mol. The molecule has 1 amide bonds. The maximum absolute atomic E-state index is 12.2. The maximum atomic E-state index is 12.2. The van der Waals surface area contributed by atoms with Crippen molar-refractivity contribution in [2.75, 3.05) is 6.54 Å². The lowest BCUT2D eigenvalue weighted by atomic mass is 9.89. The molecular weight excluding hydrogens is 300 g/mol. The van der Waals surface area contributed by atoms with E-state index in [4.69, 9.17) is 5.11 Å². The Morgan fingerprint density at radius 2 is 1.90 bits per heavy atom. The van der Waals surface area contributed by atoms with Gasteiger partial charge in [-0.05, 0) is 38.1 Å². The SMILES string of the molecule is Cl.O=C(O)[C@H]1[C@@H]2CC[C@@](NC(=O)[C@@H]3CCCN3)(C(=O)O)[C@@H]21. The van der Waals surface area contributed by atoms with E-state index in [2.05, 4.69) is 10.6 Å². The summed E-state index contributed by atoms with van der Waals surface area (Å²) < 4.78 is 0. The Morgan fingerprint density at radius 1 is 1.19 bits per heavy atom.